The molecule has 2 atom stereocenters. The first-order chi connectivity index (χ1) is 9.60. The van der Waals surface area contributed by atoms with E-state index < -0.39 is 0 Å². The van der Waals surface area contributed by atoms with Crippen LogP contribution in [0.2, 0.25) is 0 Å². The second kappa shape index (κ2) is 7.50. The molecule has 0 bridgehead atoms. The maximum absolute atomic E-state index is 11.8. The minimum Gasteiger partial charge on any atom is -0.339 e. The summed E-state index contributed by atoms with van der Waals surface area (Å²) in [5, 5.41) is 4.95. The normalized spacial score (nSPS) is 23.2. The summed E-state index contributed by atoms with van der Waals surface area (Å²) in [6, 6.07) is 0. The molecule has 0 N–H and O–H groups in total. The second-order valence-corrected chi connectivity index (χ2v) is 8.07. The van der Waals surface area contributed by atoms with Gasteiger partial charge in [-0.2, -0.15) is 16.7 Å². The molecule has 4 nitrogen and oxygen atoms in total. The summed E-state index contributed by atoms with van der Waals surface area (Å²) in [6.07, 6.45) is 1.95. The number of hydrogen-bond donors (Lipinski definition) is 0. The van der Waals surface area contributed by atoms with Crippen LogP contribution in [0.25, 0.3) is 0 Å². The fourth-order valence-corrected chi connectivity index (χ4v) is 5.28. The van der Waals surface area contributed by atoms with E-state index in [1.807, 2.05) is 37.4 Å². The quantitative estimate of drug-likeness (QED) is 0.800. The number of rotatable bonds is 6. The standard InChI is InChI=1S/C14H22N2O2S2/c1-4-11-13(20-6-5-19-11)14-15-12(18-16-14)8-10(17)7-9(2)3/h9,11,13H,4-8H2,1-3H3. The molecule has 1 aliphatic rings. The molecule has 0 radical (unpaired) electrons. The van der Waals surface area contributed by atoms with Crippen LogP contribution in [0.1, 0.15) is 50.6 Å². The molecular weight excluding hydrogens is 292 g/mol. The number of aromatic nitrogens is 2. The summed E-state index contributed by atoms with van der Waals surface area (Å²) >= 11 is 3.89. The predicted octanol–water partition coefficient (Wildman–Crippen LogP) is 3.53. The van der Waals surface area contributed by atoms with Gasteiger partial charge in [-0.3, -0.25) is 4.79 Å². The third-order valence-corrected chi connectivity index (χ3v) is 6.42. The van der Waals surface area contributed by atoms with Gasteiger partial charge in [-0.1, -0.05) is 25.9 Å². The largest absolute Gasteiger partial charge is 0.339 e. The zero-order chi connectivity index (χ0) is 14.5. The Kier molecular flexibility index (Phi) is 5.96. The number of carbonyl (C=O) groups excluding carboxylic acids is 1. The van der Waals surface area contributed by atoms with E-state index in [0.717, 1.165) is 18.0 Å². The highest BCUT2D eigenvalue weighted by atomic mass is 32.2. The summed E-state index contributed by atoms with van der Waals surface area (Å²) in [6.45, 7) is 6.28. The van der Waals surface area contributed by atoms with E-state index in [2.05, 4.69) is 17.1 Å². The number of Topliss-reactive ketones (excluding diaryl/α,β-unsaturated/α-hetero) is 1. The highest BCUT2D eigenvalue weighted by molar-refractivity contribution is 8.06. The van der Waals surface area contributed by atoms with E-state index in [-0.39, 0.29) is 12.2 Å². The Balaban J connectivity index is 1.99. The molecule has 1 aromatic heterocycles. The maximum Gasteiger partial charge on any atom is 0.234 e. The fourth-order valence-electron chi connectivity index (χ4n) is 2.29. The van der Waals surface area contributed by atoms with Crippen molar-refractivity contribution in [2.24, 2.45) is 5.92 Å². The first-order valence-electron chi connectivity index (χ1n) is 7.17. The molecule has 1 saturated heterocycles. The van der Waals surface area contributed by atoms with Crippen LogP contribution in [0.3, 0.4) is 0 Å². The smallest absolute Gasteiger partial charge is 0.234 e. The molecule has 0 aromatic carbocycles. The van der Waals surface area contributed by atoms with E-state index >= 15 is 0 Å². The van der Waals surface area contributed by atoms with Crippen LogP contribution in [-0.2, 0) is 11.2 Å². The molecular formula is C14H22N2O2S2. The Morgan fingerprint density at radius 1 is 1.40 bits per heavy atom. The van der Waals surface area contributed by atoms with Crippen LogP contribution in [0.4, 0.5) is 0 Å². The molecule has 0 amide bonds. The summed E-state index contributed by atoms with van der Waals surface area (Å²) in [5.41, 5.74) is 0. The zero-order valence-electron chi connectivity index (χ0n) is 12.3. The Morgan fingerprint density at radius 2 is 2.15 bits per heavy atom. The van der Waals surface area contributed by atoms with Crippen molar-refractivity contribution in [1.29, 1.82) is 0 Å². The SMILES string of the molecule is CCC1SCCSC1c1noc(CC(=O)CC(C)C)n1. The molecule has 2 unspecified atom stereocenters. The Bertz CT molecular complexity index is 448. The highest BCUT2D eigenvalue weighted by Gasteiger charge is 2.30. The van der Waals surface area contributed by atoms with Crippen molar-refractivity contribution >= 4 is 29.3 Å². The van der Waals surface area contributed by atoms with Gasteiger partial charge in [0.05, 0.1) is 11.7 Å². The number of carbonyl (C=O) groups is 1. The van der Waals surface area contributed by atoms with Gasteiger partial charge in [-0.25, -0.2) is 0 Å². The molecule has 1 aliphatic heterocycles. The van der Waals surface area contributed by atoms with Gasteiger partial charge in [-0.05, 0) is 12.3 Å². The van der Waals surface area contributed by atoms with Crippen molar-refractivity contribution in [3.05, 3.63) is 11.7 Å². The summed E-state index contributed by atoms with van der Waals surface area (Å²) in [4.78, 5) is 16.2. The molecule has 0 aliphatic carbocycles. The van der Waals surface area contributed by atoms with Crippen molar-refractivity contribution in [3.8, 4) is 0 Å². The zero-order valence-corrected chi connectivity index (χ0v) is 13.9. The average Bonchev–Trinajstić information content (AvgIpc) is 2.85. The van der Waals surface area contributed by atoms with Crippen LogP contribution < -0.4 is 0 Å². The lowest BCUT2D eigenvalue weighted by molar-refractivity contribution is -0.119. The molecule has 112 valence electrons. The van der Waals surface area contributed by atoms with Gasteiger partial charge in [0.25, 0.3) is 0 Å². The Hall–Kier alpha value is -0.490. The Morgan fingerprint density at radius 3 is 2.85 bits per heavy atom. The molecule has 2 heterocycles. The van der Waals surface area contributed by atoms with E-state index in [4.69, 9.17) is 4.52 Å². The number of nitrogens with zero attached hydrogens (tertiary/aromatic N) is 2. The summed E-state index contributed by atoms with van der Waals surface area (Å²) < 4.78 is 5.26. The van der Waals surface area contributed by atoms with E-state index in [1.165, 1.54) is 5.75 Å². The molecule has 6 heteroatoms. The van der Waals surface area contributed by atoms with Gasteiger partial charge in [0, 0.05) is 23.2 Å². The topological polar surface area (TPSA) is 56.0 Å². The molecule has 2 rings (SSSR count). The summed E-state index contributed by atoms with van der Waals surface area (Å²) in [7, 11) is 0. The number of hydrogen-bond acceptors (Lipinski definition) is 6. The molecule has 0 saturated carbocycles. The Labute approximate surface area is 128 Å². The van der Waals surface area contributed by atoms with E-state index in [0.29, 0.717) is 28.7 Å². The monoisotopic (exact) mass is 314 g/mol. The molecule has 0 spiro atoms. The van der Waals surface area contributed by atoms with Crippen LogP contribution in [0, 0.1) is 5.92 Å². The number of ketones is 1. The minimum absolute atomic E-state index is 0.174. The summed E-state index contributed by atoms with van der Waals surface area (Å²) in [5.74, 6) is 4.10. The van der Waals surface area contributed by atoms with Crippen molar-refractivity contribution < 1.29 is 9.32 Å². The van der Waals surface area contributed by atoms with Crippen LogP contribution in [0.15, 0.2) is 4.52 Å². The van der Waals surface area contributed by atoms with Gasteiger partial charge in [0.15, 0.2) is 5.82 Å². The number of thioether (sulfide) groups is 2. The average molecular weight is 314 g/mol. The van der Waals surface area contributed by atoms with Gasteiger partial charge in [-0.15, -0.1) is 11.8 Å². The lowest BCUT2D eigenvalue weighted by atomic mass is 10.1. The van der Waals surface area contributed by atoms with Crippen molar-refractivity contribution in [3.63, 3.8) is 0 Å². The molecule has 1 fully saturated rings. The second-order valence-electron chi connectivity index (χ2n) is 5.47. The van der Waals surface area contributed by atoms with Gasteiger partial charge < -0.3 is 4.52 Å². The van der Waals surface area contributed by atoms with Crippen molar-refractivity contribution in [2.45, 2.75) is 50.5 Å². The molecule has 1 aromatic rings. The van der Waals surface area contributed by atoms with Crippen molar-refractivity contribution in [1.82, 2.24) is 10.1 Å². The van der Waals surface area contributed by atoms with Crippen molar-refractivity contribution in [2.75, 3.05) is 11.5 Å². The molecule has 20 heavy (non-hydrogen) atoms. The highest BCUT2D eigenvalue weighted by Crippen LogP contribution is 2.42. The van der Waals surface area contributed by atoms with Crippen LogP contribution in [0.5, 0.6) is 0 Å². The van der Waals surface area contributed by atoms with Crippen LogP contribution >= 0.6 is 23.5 Å². The van der Waals surface area contributed by atoms with Crippen LogP contribution in [-0.4, -0.2) is 32.7 Å². The predicted molar refractivity (Wildman–Crippen MR) is 84.2 cm³/mol. The first-order valence-corrected chi connectivity index (χ1v) is 9.27. The lowest BCUT2D eigenvalue weighted by Crippen LogP contribution is -2.19. The van der Waals surface area contributed by atoms with Gasteiger partial charge >= 0.3 is 0 Å². The lowest BCUT2D eigenvalue weighted by Gasteiger charge is -2.27. The third-order valence-electron chi connectivity index (χ3n) is 3.18. The van der Waals surface area contributed by atoms with Gasteiger partial charge in [0.2, 0.25) is 5.89 Å². The fraction of sp³-hybridized carbons (Fsp3) is 0.786. The maximum atomic E-state index is 11.8. The minimum atomic E-state index is 0.174. The van der Waals surface area contributed by atoms with E-state index in [1.54, 1.807) is 0 Å². The third kappa shape index (κ3) is 4.25. The van der Waals surface area contributed by atoms with Gasteiger partial charge in [0.1, 0.15) is 5.78 Å². The first kappa shape index (κ1) is 15.9. The van der Waals surface area contributed by atoms with E-state index in [9.17, 15) is 4.79 Å².